The predicted octanol–water partition coefficient (Wildman–Crippen LogP) is 3.52. The van der Waals surface area contributed by atoms with E-state index < -0.39 is 16.1 Å². The summed E-state index contributed by atoms with van der Waals surface area (Å²) >= 11 is 1.14. The maximum atomic E-state index is 13.3. The molecular formula is C26H36FN5O4S2. The monoisotopic (exact) mass is 565 g/mol. The van der Waals surface area contributed by atoms with Crippen molar-refractivity contribution in [3.63, 3.8) is 0 Å². The molecule has 0 saturated carbocycles. The first-order chi connectivity index (χ1) is 18.0. The van der Waals surface area contributed by atoms with E-state index >= 15 is 0 Å². The molecule has 2 fully saturated rings. The fourth-order valence-corrected chi connectivity index (χ4v) is 7.28. The van der Waals surface area contributed by atoms with Gasteiger partial charge in [0.05, 0.1) is 16.8 Å². The third kappa shape index (κ3) is 7.58. The Bertz CT molecular complexity index is 1250. The molecule has 9 nitrogen and oxygen atoms in total. The predicted molar refractivity (Wildman–Crippen MR) is 147 cm³/mol. The summed E-state index contributed by atoms with van der Waals surface area (Å²) in [5.41, 5.74) is 1.69. The highest BCUT2D eigenvalue weighted by molar-refractivity contribution is 7.88. The molecule has 0 unspecified atom stereocenters. The number of rotatable bonds is 8. The molecule has 12 heteroatoms. The molecule has 2 amide bonds. The van der Waals surface area contributed by atoms with Crippen LogP contribution in [0.2, 0.25) is 0 Å². The zero-order chi connectivity index (χ0) is 27.4. The number of benzene rings is 1. The van der Waals surface area contributed by atoms with Crippen LogP contribution in [-0.2, 0) is 16.4 Å². The Labute approximate surface area is 227 Å². The van der Waals surface area contributed by atoms with Crippen LogP contribution in [-0.4, -0.2) is 79.4 Å². The molecule has 3 heterocycles. The number of halogens is 1. The molecule has 2 aromatic rings. The van der Waals surface area contributed by atoms with Crippen LogP contribution in [0.25, 0.3) is 0 Å². The quantitative estimate of drug-likeness (QED) is 0.474. The van der Waals surface area contributed by atoms with Crippen molar-refractivity contribution in [3.05, 3.63) is 46.2 Å². The first-order valence-corrected chi connectivity index (χ1v) is 15.6. The average Bonchev–Trinajstić information content (AvgIpc) is 3.21. The van der Waals surface area contributed by atoms with Gasteiger partial charge >= 0.3 is 6.03 Å². The SMILES string of the molecule is CC(=O)c1sc(NC(=O)N[C@@H]2CCN(S(C)(=O)=O)C[C@H]2CN2CCC[C@@H](Cc3ccc(F)cc3)C2)nc1C. The molecule has 208 valence electrons. The summed E-state index contributed by atoms with van der Waals surface area (Å²) in [6, 6.07) is 6.03. The number of urea groups is 1. The number of carbonyl (C=O) groups excluding carboxylic acids is 2. The Morgan fingerprint density at radius 1 is 1.16 bits per heavy atom. The van der Waals surface area contributed by atoms with Gasteiger partial charge in [0.25, 0.3) is 0 Å². The standard InChI is InChI=1S/C26H36FN5O4S2/c1-17-24(18(2)33)37-26(28-17)30-25(34)29-23-10-12-32(38(3,35)36)16-21(23)15-31-11-4-5-20(14-31)13-19-6-8-22(27)9-7-19/h6-9,20-21,23H,4-5,10-16H2,1-3H3,(H2,28,29,30,34)/t20-,21+,23+/m0/s1. The lowest BCUT2D eigenvalue weighted by Crippen LogP contribution is -2.56. The van der Waals surface area contributed by atoms with Gasteiger partial charge in [0.1, 0.15) is 5.82 Å². The lowest BCUT2D eigenvalue weighted by Gasteiger charge is -2.42. The van der Waals surface area contributed by atoms with Crippen LogP contribution in [0.5, 0.6) is 0 Å². The minimum Gasteiger partial charge on any atom is -0.335 e. The molecule has 0 radical (unpaired) electrons. The number of carbonyl (C=O) groups is 2. The van der Waals surface area contributed by atoms with Gasteiger partial charge in [0, 0.05) is 45.1 Å². The molecular weight excluding hydrogens is 529 g/mol. The second-order valence-electron chi connectivity index (χ2n) is 10.5. The molecule has 38 heavy (non-hydrogen) atoms. The van der Waals surface area contributed by atoms with E-state index in [1.807, 2.05) is 12.1 Å². The Morgan fingerprint density at radius 3 is 2.55 bits per heavy atom. The molecule has 2 aliphatic heterocycles. The number of thiazole rings is 1. The van der Waals surface area contributed by atoms with Crippen molar-refractivity contribution in [3.8, 4) is 0 Å². The number of nitrogens with one attached hydrogen (secondary N) is 2. The third-order valence-electron chi connectivity index (χ3n) is 7.35. The number of ketones is 1. The van der Waals surface area contributed by atoms with Crippen molar-refractivity contribution >= 4 is 38.3 Å². The van der Waals surface area contributed by atoms with Crippen molar-refractivity contribution < 1.29 is 22.4 Å². The minimum atomic E-state index is -3.35. The molecule has 0 aliphatic carbocycles. The second kappa shape index (κ2) is 12.2. The van der Waals surface area contributed by atoms with E-state index in [0.29, 0.717) is 47.7 Å². The van der Waals surface area contributed by atoms with Gasteiger partial charge < -0.3 is 10.2 Å². The van der Waals surface area contributed by atoms with Crippen LogP contribution in [0.15, 0.2) is 24.3 Å². The number of piperidine rings is 2. The molecule has 1 aromatic heterocycles. The number of aromatic nitrogens is 1. The highest BCUT2D eigenvalue weighted by Crippen LogP contribution is 2.27. The van der Waals surface area contributed by atoms with E-state index in [4.69, 9.17) is 0 Å². The van der Waals surface area contributed by atoms with Crippen molar-refractivity contribution in [2.75, 3.05) is 44.3 Å². The van der Waals surface area contributed by atoms with E-state index in [2.05, 4.69) is 20.5 Å². The number of Topliss-reactive ketones (excluding diaryl/α,β-unsaturated/α-hetero) is 1. The summed E-state index contributed by atoms with van der Waals surface area (Å²) in [6.07, 6.45) is 4.73. The molecule has 2 aliphatic rings. The maximum absolute atomic E-state index is 13.3. The lowest BCUT2D eigenvalue weighted by atomic mass is 9.88. The van der Waals surface area contributed by atoms with Crippen molar-refractivity contribution in [1.29, 1.82) is 0 Å². The number of hydrogen-bond acceptors (Lipinski definition) is 7. The van der Waals surface area contributed by atoms with Crippen LogP contribution in [0.1, 0.15) is 47.1 Å². The zero-order valence-electron chi connectivity index (χ0n) is 22.1. The van der Waals surface area contributed by atoms with Gasteiger partial charge in [-0.1, -0.05) is 23.5 Å². The Hall–Kier alpha value is -2.41. The minimum absolute atomic E-state index is 0.0837. The van der Waals surface area contributed by atoms with Crippen molar-refractivity contribution in [2.24, 2.45) is 11.8 Å². The number of hydrogen-bond donors (Lipinski definition) is 2. The van der Waals surface area contributed by atoms with Crippen LogP contribution < -0.4 is 10.6 Å². The number of anilines is 1. The number of likely N-dealkylation sites (tertiary alicyclic amines) is 1. The van der Waals surface area contributed by atoms with E-state index in [-0.39, 0.29) is 23.6 Å². The molecule has 0 spiro atoms. The van der Waals surface area contributed by atoms with E-state index in [9.17, 15) is 22.4 Å². The Kier molecular flexibility index (Phi) is 9.17. The second-order valence-corrected chi connectivity index (χ2v) is 13.4. The molecule has 2 N–H and O–H groups in total. The topological polar surface area (TPSA) is 112 Å². The van der Waals surface area contributed by atoms with E-state index in [0.717, 1.165) is 49.3 Å². The average molecular weight is 566 g/mol. The van der Waals surface area contributed by atoms with Crippen LogP contribution in [0.4, 0.5) is 14.3 Å². The van der Waals surface area contributed by atoms with Crippen LogP contribution in [0.3, 0.4) is 0 Å². The fourth-order valence-electron chi connectivity index (χ4n) is 5.52. The maximum Gasteiger partial charge on any atom is 0.321 e. The molecule has 4 rings (SSSR count). The Balaban J connectivity index is 1.40. The highest BCUT2D eigenvalue weighted by Gasteiger charge is 2.36. The summed E-state index contributed by atoms with van der Waals surface area (Å²) in [4.78, 5) is 31.7. The molecule has 3 atom stereocenters. The molecule has 2 saturated heterocycles. The van der Waals surface area contributed by atoms with Gasteiger partial charge in [0.15, 0.2) is 10.9 Å². The lowest BCUT2D eigenvalue weighted by molar-refractivity contribution is 0.102. The summed E-state index contributed by atoms with van der Waals surface area (Å²) in [6.45, 7) is 6.34. The highest BCUT2D eigenvalue weighted by atomic mass is 32.2. The largest absolute Gasteiger partial charge is 0.335 e. The van der Waals surface area contributed by atoms with Crippen molar-refractivity contribution in [2.45, 2.75) is 45.6 Å². The number of sulfonamides is 1. The number of nitrogens with zero attached hydrogens (tertiary/aromatic N) is 3. The summed E-state index contributed by atoms with van der Waals surface area (Å²) in [5.74, 6) is 0.0151. The summed E-state index contributed by atoms with van der Waals surface area (Å²) < 4.78 is 39.4. The first-order valence-electron chi connectivity index (χ1n) is 13.0. The number of aryl methyl sites for hydroxylation is 1. The zero-order valence-corrected chi connectivity index (χ0v) is 23.7. The van der Waals surface area contributed by atoms with Crippen LogP contribution >= 0.6 is 11.3 Å². The van der Waals surface area contributed by atoms with Gasteiger partial charge in [-0.05, 0) is 62.8 Å². The molecule has 0 bridgehead atoms. The van der Waals surface area contributed by atoms with Gasteiger partial charge in [-0.15, -0.1) is 0 Å². The smallest absolute Gasteiger partial charge is 0.321 e. The summed E-state index contributed by atoms with van der Waals surface area (Å²) in [5, 5.41) is 6.14. The van der Waals surface area contributed by atoms with E-state index in [1.54, 1.807) is 6.92 Å². The van der Waals surface area contributed by atoms with Gasteiger partial charge in [0.2, 0.25) is 10.0 Å². The normalized spacial score (nSPS) is 23.2. The number of amides is 2. The first kappa shape index (κ1) is 28.6. The summed E-state index contributed by atoms with van der Waals surface area (Å²) in [7, 11) is -3.35. The van der Waals surface area contributed by atoms with Gasteiger partial charge in [-0.25, -0.2) is 26.9 Å². The van der Waals surface area contributed by atoms with E-state index in [1.165, 1.54) is 29.6 Å². The molecule has 1 aromatic carbocycles. The fraction of sp³-hybridized carbons (Fsp3) is 0.577. The van der Waals surface area contributed by atoms with Gasteiger partial charge in [-0.3, -0.25) is 10.1 Å². The van der Waals surface area contributed by atoms with Gasteiger partial charge in [-0.2, -0.15) is 0 Å². The third-order valence-corrected chi connectivity index (χ3v) is 9.80. The Morgan fingerprint density at radius 2 is 1.89 bits per heavy atom. The van der Waals surface area contributed by atoms with Crippen LogP contribution in [0, 0.1) is 24.6 Å². The van der Waals surface area contributed by atoms with Crippen molar-refractivity contribution in [1.82, 2.24) is 19.5 Å².